The second-order valence-electron chi connectivity index (χ2n) is 5.56. The van der Waals surface area contributed by atoms with Crippen LogP contribution in [-0.4, -0.2) is 37.8 Å². The lowest BCUT2D eigenvalue weighted by atomic mass is 9.85. The van der Waals surface area contributed by atoms with Crippen LogP contribution in [0.5, 0.6) is 5.75 Å². The molecule has 4 heteroatoms. The van der Waals surface area contributed by atoms with E-state index in [2.05, 4.69) is 0 Å². The quantitative estimate of drug-likeness (QED) is 0.796. The molecule has 0 amide bonds. The van der Waals surface area contributed by atoms with Crippen molar-refractivity contribution in [3.8, 4) is 5.75 Å². The molecule has 2 fully saturated rings. The van der Waals surface area contributed by atoms with E-state index in [9.17, 15) is 4.79 Å². The fourth-order valence-electron chi connectivity index (χ4n) is 2.99. The Morgan fingerprint density at radius 3 is 2.60 bits per heavy atom. The molecule has 0 radical (unpaired) electrons. The van der Waals surface area contributed by atoms with Crippen LogP contribution >= 0.6 is 0 Å². The third kappa shape index (κ3) is 3.02. The summed E-state index contributed by atoms with van der Waals surface area (Å²) in [6.07, 6.45) is 4.77. The van der Waals surface area contributed by atoms with E-state index < -0.39 is 0 Å². The van der Waals surface area contributed by atoms with Gasteiger partial charge in [-0.05, 0) is 37.1 Å². The summed E-state index contributed by atoms with van der Waals surface area (Å²) in [4.78, 5) is 10.6. The second kappa shape index (κ2) is 5.94. The molecule has 0 aromatic heterocycles. The summed E-state index contributed by atoms with van der Waals surface area (Å²) in [6.45, 7) is 2.30. The van der Waals surface area contributed by atoms with Gasteiger partial charge in [0.1, 0.15) is 18.1 Å². The maximum atomic E-state index is 10.6. The highest BCUT2D eigenvalue weighted by atomic mass is 16.5. The lowest BCUT2D eigenvalue weighted by Gasteiger charge is -2.43. The minimum absolute atomic E-state index is 0.0517. The highest BCUT2D eigenvalue weighted by Crippen LogP contribution is 2.35. The molecule has 108 valence electrons. The van der Waals surface area contributed by atoms with Gasteiger partial charge in [-0.25, -0.2) is 0 Å². The number of ether oxygens (including phenoxy) is 3. The largest absolute Gasteiger partial charge is 0.490 e. The molecular formula is C16H20O4. The molecule has 2 heterocycles. The number of rotatable bonds is 3. The van der Waals surface area contributed by atoms with Crippen LogP contribution in [0.3, 0.4) is 0 Å². The Balaban J connectivity index is 1.63. The van der Waals surface area contributed by atoms with E-state index in [-0.39, 0.29) is 11.7 Å². The van der Waals surface area contributed by atoms with Crippen LogP contribution in [0.2, 0.25) is 0 Å². The Morgan fingerprint density at radius 1 is 1.15 bits per heavy atom. The molecule has 1 spiro atoms. The van der Waals surface area contributed by atoms with Crippen molar-refractivity contribution in [3.63, 3.8) is 0 Å². The first-order valence-corrected chi connectivity index (χ1v) is 7.23. The number of hydrogen-bond acceptors (Lipinski definition) is 4. The molecule has 0 bridgehead atoms. The molecule has 0 N–H and O–H groups in total. The Labute approximate surface area is 119 Å². The fraction of sp³-hybridized carbons (Fsp3) is 0.562. The topological polar surface area (TPSA) is 44.8 Å². The fourth-order valence-corrected chi connectivity index (χ4v) is 2.99. The van der Waals surface area contributed by atoms with Crippen molar-refractivity contribution in [2.45, 2.75) is 37.4 Å². The van der Waals surface area contributed by atoms with Gasteiger partial charge in [-0.1, -0.05) is 0 Å². The van der Waals surface area contributed by atoms with Gasteiger partial charge < -0.3 is 14.2 Å². The number of aldehydes is 1. The van der Waals surface area contributed by atoms with Gasteiger partial charge in [-0.2, -0.15) is 0 Å². The van der Waals surface area contributed by atoms with E-state index in [1.165, 1.54) is 0 Å². The van der Waals surface area contributed by atoms with Crippen LogP contribution in [-0.2, 0) is 9.47 Å². The number of hydrogen-bond donors (Lipinski definition) is 0. The highest BCUT2D eigenvalue weighted by molar-refractivity contribution is 5.74. The molecule has 1 unspecified atom stereocenters. The molecular weight excluding hydrogens is 256 g/mol. The van der Waals surface area contributed by atoms with E-state index >= 15 is 0 Å². The van der Waals surface area contributed by atoms with Crippen LogP contribution in [0, 0.1) is 0 Å². The summed E-state index contributed by atoms with van der Waals surface area (Å²) in [5.41, 5.74) is 0.620. The molecule has 0 saturated carbocycles. The number of carbonyl (C=O) groups excluding carboxylic acids is 1. The summed E-state index contributed by atoms with van der Waals surface area (Å²) in [7, 11) is 0. The third-order valence-electron chi connectivity index (χ3n) is 4.17. The van der Waals surface area contributed by atoms with E-state index in [1.54, 1.807) is 12.1 Å². The maximum absolute atomic E-state index is 10.6. The minimum Gasteiger partial charge on any atom is -0.490 e. The highest BCUT2D eigenvalue weighted by Gasteiger charge is 2.39. The summed E-state index contributed by atoms with van der Waals surface area (Å²) >= 11 is 0. The number of carbonyl (C=O) groups is 1. The van der Waals surface area contributed by atoms with Crippen molar-refractivity contribution >= 4 is 6.29 Å². The summed E-state index contributed by atoms with van der Waals surface area (Å²) in [6, 6.07) is 7.28. The molecule has 2 aliphatic rings. The van der Waals surface area contributed by atoms with Crippen molar-refractivity contribution < 1.29 is 19.0 Å². The lowest BCUT2D eigenvalue weighted by Crippen LogP contribution is -2.47. The van der Waals surface area contributed by atoms with E-state index in [4.69, 9.17) is 14.2 Å². The van der Waals surface area contributed by atoms with E-state index in [0.29, 0.717) is 5.56 Å². The van der Waals surface area contributed by atoms with Crippen molar-refractivity contribution in [2.24, 2.45) is 0 Å². The number of benzene rings is 1. The van der Waals surface area contributed by atoms with Gasteiger partial charge in [0.15, 0.2) is 0 Å². The molecule has 0 aliphatic carbocycles. The minimum atomic E-state index is -0.0517. The van der Waals surface area contributed by atoms with Gasteiger partial charge in [0.05, 0.1) is 12.2 Å². The standard InChI is InChI=1S/C16H20O4/c17-12-13-1-3-14(4-2-13)20-15-5-8-19-16(11-15)6-9-18-10-7-16/h1-4,12,15H,5-11H2. The smallest absolute Gasteiger partial charge is 0.150 e. The van der Waals surface area contributed by atoms with Gasteiger partial charge in [0.2, 0.25) is 0 Å². The zero-order valence-corrected chi connectivity index (χ0v) is 11.5. The molecule has 20 heavy (non-hydrogen) atoms. The molecule has 2 saturated heterocycles. The third-order valence-corrected chi connectivity index (χ3v) is 4.17. The predicted molar refractivity (Wildman–Crippen MR) is 74.2 cm³/mol. The Morgan fingerprint density at radius 2 is 1.90 bits per heavy atom. The van der Waals surface area contributed by atoms with E-state index in [0.717, 1.165) is 57.5 Å². The molecule has 1 aromatic rings. The van der Waals surface area contributed by atoms with Gasteiger partial charge in [-0.15, -0.1) is 0 Å². The van der Waals surface area contributed by atoms with Crippen molar-refractivity contribution in [1.29, 1.82) is 0 Å². The molecule has 1 aromatic carbocycles. The zero-order valence-electron chi connectivity index (χ0n) is 11.5. The van der Waals surface area contributed by atoms with E-state index in [1.807, 2.05) is 12.1 Å². The summed E-state index contributed by atoms with van der Waals surface area (Å²) < 4.78 is 17.5. The Hall–Kier alpha value is -1.39. The van der Waals surface area contributed by atoms with Crippen molar-refractivity contribution in [2.75, 3.05) is 19.8 Å². The predicted octanol–water partition coefficient (Wildman–Crippen LogP) is 2.61. The van der Waals surface area contributed by atoms with Crippen LogP contribution in [0.4, 0.5) is 0 Å². The lowest BCUT2D eigenvalue weighted by molar-refractivity contribution is -0.155. The first-order valence-electron chi connectivity index (χ1n) is 7.23. The van der Waals surface area contributed by atoms with Gasteiger partial charge in [-0.3, -0.25) is 4.79 Å². The van der Waals surface area contributed by atoms with Gasteiger partial charge in [0, 0.05) is 31.6 Å². The summed E-state index contributed by atoms with van der Waals surface area (Å²) in [5.74, 6) is 0.824. The average Bonchev–Trinajstić information content (AvgIpc) is 2.49. The average molecular weight is 276 g/mol. The Bertz CT molecular complexity index is 443. The zero-order chi connectivity index (χ0) is 13.8. The van der Waals surface area contributed by atoms with Crippen molar-refractivity contribution in [1.82, 2.24) is 0 Å². The van der Waals surface area contributed by atoms with Crippen molar-refractivity contribution in [3.05, 3.63) is 29.8 Å². The SMILES string of the molecule is O=Cc1ccc(OC2CCOC3(CCOCC3)C2)cc1. The first kappa shape index (κ1) is 13.6. The second-order valence-corrected chi connectivity index (χ2v) is 5.56. The monoisotopic (exact) mass is 276 g/mol. The summed E-state index contributed by atoms with van der Waals surface area (Å²) in [5, 5.41) is 0. The maximum Gasteiger partial charge on any atom is 0.150 e. The molecule has 4 nitrogen and oxygen atoms in total. The van der Waals surface area contributed by atoms with Crippen LogP contribution in [0.1, 0.15) is 36.0 Å². The van der Waals surface area contributed by atoms with Crippen LogP contribution in [0.25, 0.3) is 0 Å². The molecule has 3 rings (SSSR count). The van der Waals surface area contributed by atoms with Gasteiger partial charge >= 0.3 is 0 Å². The molecule has 1 atom stereocenters. The van der Waals surface area contributed by atoms with Gasteiger partial charge in [0.25, 0.3) is 0 Å². The molecule has 2 aliphatic heterocycles. The Kier molecular flexibility index (Phi) is 4.03. The normalized spacial score (nSPS) is 25.3. The van der Waals surface area contributed by atoms with Crippen LogP contribution in [0.15, 0.2) is 24.3 Å². The first-order chi connectivity index (χ1) is 9.80. The van der Waals surface area contributed by atoms with Crippen LogP contribution < -0.4 is 4.74 Å².